The van der Waals surface area contributed by atoms with E-state index in [-0.39, 0.29) is 14.4 Å². The molecule has 0 aromatic carbocycles. The molecule has 0 unspecified atom stereocenters. The molecule has 0 saturated heterocycles. The Labute approximate surface area is 132 Å². The topological polar surface area (TPSA) is 108 Å². The van der Waals surface area contributed by atoms with Gasteiger partial charge in [-0.05, 0) is 27.4 Å². The fourth-order valence-corrected chi connectivity index (χ4v) is 3.76. The molecule has 2 rings (SSSR count). The zero-order chi connectivity index (χ0) is 15.5. The highest BCUT2D eigenvalue weighted by atomic mass is 79.9. The fourth-order valence-electron chi connectivity index (χ4n) is 1.39. The van der Waals surface area contributed by atoms with E-state index >= 15 is 0 Å². The van der Waals surface area contributed by atoms with Crippen LogP contribution in [0.25, 0.3) is 0 Å². The number of hydrogen-bond donors (Lipinski definition) is 3. The summed E-state index contributed by atoms with van der Waals surface area (Å²) in [6.07, 6.45) is 2.75. The predicted molar refractivity (Wildman–Crippen MR) is 82.9 cm³/mol. The number of amides is 1. The molecule has 1 amide bonds. The number of sulfonamides is 1. The van der Waals surface area contributed by atoms with Crippen LogP contribution in [0.4, 0.5) is 5.69 Å². The number of nitrogens with one attached hydrogen (secondary N) is 3. The first kappa shape index (κ1) is 15.9. The van der Waals surface area contributed by atoms with Crippen LogP contribution in [0.1, 0.15) is 0 Å². The minimum Gasteiger partial charge on any atom is -0.365 e. The van der Waals surface area contributed by atoms with E-state index in [1.165, 1.54) is 18.5 Å². The maximum atomic E-state index is 11.8. The number of rotatable bonds is 5. The molecule has 0 atom stereocenters. The summed E-state index contributed by atoms with van der Waals surface area (Å²) < 4.78 is 26.2. The first-order chi connectivity index (χ1) is 9.90. The quantitative estimate of drug-likeness (QED) is 0.709. The van der Waals surface area contributed by atoms with E-state index in [0.29, 0.717) is 0 Å². The summed E-state index contributed by atoms with van der Waals surface area (Å²) in [6.45, 7) is -0.466. The molecule has 10 heteroatoms. The molecule has 112 valence electrons. The smallest absolute Gasteiger partial charge is 0.250 e. The predicted octanol–water partition coefficient (Wildman–Crippen LogP) is 1.12. The number of pyridine rings is 1. The lowest BCUT2D eigenvalue weighted by Crippen LogP contribution is -2.33. The number of halogens is 1. The molecule has 2 aromatic rings. The van der Waals surface area contributed by atoms with Gasteiger partial charge in [0.15, 0.2) is 0 Å². The zero-order valence-electron chi connectivity index (χ0n) is 10.4. The van der Waals surface area contributed by atoms with Crippen LogP contribution in [0, 0.1) is 0 Å². The van der Waals surface area contributed by atoms with Crippen molar-refractivity contribution in [1.82, 2.24) is 9.71 Å². The Balaban J connectivity index is 2.00. The number of aromatic amines is 1. The summed E-state index contributed by atoms with van der Waals surface area (Å²) in [6, 6.07) is 3.03. The molecule has 0 saturated carbocycles. The molecule has 3 N–H and O–H groups in total. The molecule has 0 fully saturated rings. The van der Waals surface area contributed by atoms with Gasteiger partial charge in [-0.25, -0.2) is 13.1 Å². The number of anilines is 1. The van der Waals surface area contributed by atoms with Gasteiger partial charge in [0.2, 0.25) is 11.3 Å². The van der Waals surface area contributed by atoms with Crippen molar-refractivity contribution in [3.8, 4) is 0 Å². The van der Waals surface area contributed by atoms with Gasteiger partial charge < -0.3 is 10.3 Å². The second-order valence-corrected chi connectivity index (χ2v) is 7.65. The van der Waals surface area contributed by atoms with Gasteiger partial charge in [0.1, 0.15) is 9.90 Å². The van der Waals surface area contributed by atoms with E-state index in [1.54, 1.807) is 11.4 Å². The molecule has 0 radical (unpaired) electrons. The minimum atomic E-state index is -3.71. The SMILES string of the molecule is O=C(CNS(=O)(=O)c1cccs1)Nc1c[nH]cc(Br)c1=O. The van der Waals surface area contributed by atoms with Crippen LogP contribution >= 0.6 is 27.3 Å². The van der Waals surface area contributed by atoms with Crippen molar-refractivity contribution in [2.45, 2.75) is 4.21 Å². The Morgan fingerprint density at radius 1 is 1.38 bits per heavy atom. The first-order valence-electron chi connectivity index (χ1n) is 5.60. The highest BCUT2D eigenvalue weighted by Gasteiger charge is 2.16. The molecule has 0 aliphatic heterocycles. The number of H-pyrrole nitrogens is 1. The van der Waals surface area contributed by atoms with E-state index in [4.69, 9.17) is 0 Å². The number of aromatic nitrogens is 1. The molecule has 0 aliphatic carbocycles. The van der Waals surface area contributed by atoms with Crippen LogP contribution in [0.2, 0.25) is 0 Å². The lowest BCUT2D eigenvalue weighted by molar-refractivity contribution is -0.115. The second kappa shape index (κ2) is 6.52. The average Bonchev–Trinajstić information content (AvgIpc) is 2.97. The number of carbonyl (C=O) groups is 1. The second-order valence-electron chi connectivity index (χ2n) is 3.85. The van der Waals surface area contributed by atoms with Crippen LogP contribution < -0.4 is 15.5 Å². The number of carbonyl (C=O) groups excluding carboxylic acids is 1. The third-order valence-corrected chi connectivity index (χ3v) is 5.74. The molecular formula is C11H10BrN3O4S2. The van der Waals surface area contributed by atoms with Crippen molar-refractivity contribution in [2.75, 3.05) is 11.9 Å². The van der Waals surface area contributed by atoms with Crippen LogP contribution in [0.5, 0.6) is 0 Å². The van der Waals surface area contributed by atoms with Gasteiger partial charge in [-0.1, -0.05) is 6.07 Å². The average molecular weight is 392 g/mol. The molecule has 2 heterocycles. The van der Waals surface area contributed by atoms with Gasteiger partial charge in [0.05, 0.1) is 11.0 Å². The third-order valence-electron chi connectivity index (χ3n) is 2.36. The van der Waals surface area contributed by atoms with E-state index in [9.17, 15) is 18.0 Å². The Hall–Kier alpha value is -1.49. The monoisotopic (exact) mass is 391 g/mol. The van der Waals surface area contributed by atoms with Crippen molar-refractivity contribution in [1.29, 1.82) is 0 Å². The molecule has 0 bridgehead atoms. The molecule has 0 aliphatic rings. The van der Waals surface area contributed by atoms with Crippen LogP contribution in [0.15, 0.2) is 43.4 Å². The zero-order valence-corrected chi connectivity index (χ0v) is 13.6. The highest BCUT2D eigenvalue weighted by molar-refractivity contribution is 9.10. The molecule has 0 spiro atoms. The van der Waals surface area contributed by atoms with E-state index in [0.717, 1.165) is 11.3 Å². The van der Waals surface area contributed by atoms with Gasteiger partial charge in [0.25, 0.3) is 10.0 Å². The van der Waals surface area contributed by atoms with Gasteiger partial charge >= 0.3 is 0 Å². The van der Waals surface area contributed by atoms with Crippen molar-refractivity contribution < 1.29 is 13.2 Å². The largest absolute Gasteiger partial charge is 0.365 e. The van der Waals surface area contributed by atoms with Gasteiger partial charge in [-0.2, -0.15) is 0 Å². The van der Waals surface area contributed by atoms with Crippen LogP contribution in [-0.2, 0) is 14.8 Å². The van der Waals surface area contributed by atoms with E-state index in [1.807, 2.05) is 0 Å². The summed E-state index contributed by atoms with van der Waals surface area (Å²) in [4.78, 5) is 26.0. The van der Waals surface area contributed by atoms with Crippen LogP contribution in [0.3, 0.4) is 0 Å². The Morgan fingerprint density at radius 2 is 2.14 bits per heavy atom. The molecule has 7 nitrogen and oxygen atoms in total. The van der Waals surface area contributed by atoms with Gasteiger partial charge in [0, 0.05) is 12.4 Å². The summed E-state index contributed by atoms with van der Waals surface area (Å²) >= 11 is 4.07. The molecule has 21 heavy (non-hydrogen) atoms. The summed E-state index contributed by atoms with van der Waals surface area (Å²) in [5, 5.41) is 3.95. The van der Waals surface area contributed by atoms with Crippen molar-refractivity contribution >= 4 is 48.9 Å². The van der Waals surface area contributed by atoms with E-state index in [2.05, 4.69) is 31.0 Å². The maximum absolute atomic E-state index is 11.8. The Kier molecular flexibility index (Phi) is 4.93. The standard InChI is InChI=1S/C11H10BrN3O4S2/c12-7-4-13-5-8(11(7)17)15-9(16)6-14-21(18,19)10-2-1-3-20-10/h1-5,14H,6H2,(H,13,17)(H,15,16). The van der Waals surface area contributed by atoms with Gasteiger partial charge in [-0.3, -0.25) is 9.59 Å². The van der Waals surface area contributed by atoms with Crippen LogP contribution in [-0.4, -0.2) is 25.9 Å². The maximum Gasteiger partial charge on any atom is 0.250 e. The highest BCUT2D eigenvalue weighted by Crippen LogP contribution is 2.14. The minimum absolute atomic E-state index is 0.0321. The lowest BCUT2D eigenvalue weighted by Gasteiger charge is -2.06. The van der Waals surface area contributed by atoms with Crippen molar-refractivity contribution in [3.05, 3.63) is 44.6 Å². The normalized spacial score (nSPS) is 11.3. The number of thiophene rings is 1. The first-order valence-corrected chi connectivity index (χ1v) is 8.75. The molecule has 2 aromatic heterocycles. The van der Waals surface area contributed by atoms with Gasteiger partial charge in [-0.15, -0.1) is 11.3 Å². The summed E-state index contributed by atoms with van der Waals surface area (Å²) in [7, 11) is -3.71. The Bertz CT molecular complexity index is 799. The van der Waals surface area contributed by atoms with Crippen molar-refractivity contribution in [3.63, 3.8) is 0 Å². The molecular weight excluding hydrogens is 382 g/mol. The lowest BCUT2D eigenvalue weighted by atomic mass is 10.4. The summed E-state index contributed by atoms with van der Waals surface area (Å²) in [5.74, 6) is -0.640. The Morgan fingerprint density at radius 3 is 2.81 bits per heavy atom. The van der Waals surface area contributed by atoms with Crippen molar-refractivity contribution in [2.24, 2.45) is 0 Å². The fraction of sp³-hybridized carbons (Fsp3) is 0.0909. The number of hydrogen-bond acceptors (Lipinski definition) is 5. The third kappa shape index (κ3) is 4.00. The summed E-state index contributed by atoms with van der Waals surface area (Å²) in [5.41, 5.74) is -0.368. The van der Waals surface area contributed by atoms with E-state index < -0.39 is 27.9 Å².